The zero-order valence-corrected chi connectivity index (χ0v) is 12.5. The lowest BCUT2D eigenvalue weighted by Crippen LogP contribution is -2.03. The van der Waals surface area contributed by atoms with Gasteiger partial charge in [-0.1, -0.05) is 40.2 Å². The molecule has 0 saturated carbocycles. The summed E-state index contributed by atoms with van der Waals surface area (Å²) >= 11 is 3.54. The maximum absolute atomic E-state index is 13.6. The highest BCUT2D eigenvalue weighted by molar-refractivity contribution is 9.09. The van der Waals surface area contributed by atoms with Crippen LogP contribution in [0.1, 0.15) is 27.1 Å². The molecule has 1 unspecified atom stereocenters. The Bertz CT molecular complexity index is 573. The van der Waals surface area contributed by atoms with E-state index in [9.17, 15) is 8.78 Å². The maximum atomic E-state index is 13.6. The summed E-state index contributed by atoms with van der Waals surface area (Å²) < 4.78 is 27.3. The molecule has 0 fully saturated rings. The summed E-state index contributed by atoms with van der Waals surface area (Å²) in [6, 6.07) is 9.95. The molecule has 2 aromatic carbocycles. The largest absolute Gasteiger partial charge is 0.207 e. The van der Waals surface area contributed by atoms with Gasteiger partial charge in [0, 0.05) is 10.4 Å². The average Bonchev–Trinajstić information content (AvgIpc) is 2.37. The van der Waals surface area contributed by atoms with E-state index in [2.05, 4.69) is 15.9 Å². The van der Waals surface area contributed by atoms with Crippen LogP contribution in [0.2, 0.25) is 0 Å². The third kappa shape index (κ3) is 3.03. The zero-order chi connectivity index (χ0) is 14.0. The van der Waals surface area contributed by atoms with Crippen LogP contribution in [0.15, 0.2) is 36.4 Å². The molecule has 0 nitrogen and oxygen atoms in total. The normalized spacial score (nSPS) is 12.5. The Morgan fingerprint density at radius 1 is 1.00 bits per heavy atom. The Kier molecular flexibility index (Phi) is 4.35. The van der Waals surface area contributed by atoms with Gasteiger partial charge in [-0.2, -0.15) is 0 Å². The Balaban J connectivity index is 2.31. The van der Waals surface area contributed by atoms with Gasteiger partial charge in [-0.3, -0.25) is 0 Å². The monoisotopic (exact) mass is 324 g/mol. The number of hydrogen-bond donors (Lipinski definition) is 0. The topological polar surface area (TPSA) is 0 Å². The molecule has 0 saturated heterocycles. The molecular formula is C16H15BrF2. The molecule has 2 aromatic rings. The summed E-state index contributed by atoms with van der Waals surface area (Å²) in [6.07, 6.45) is 0.294. The van der Waals surface area contributed by atoms with Crippen molar-refractivity contribution in [3.8, 4) is 0 Å². The zero-order valence-electron chi connectivity index (χ0n) is 10.9. The fraction of sp³-hybridized carbons (Fsp3) is 0.250. The molecule has 0 aromatic heterocycles. The summed E-state index contributed by atoms with van der Waals surface area (Å²) in [4.78, 5) is -0.0983. The van der Waals surface area contributed by atoms with Crippen molar-refractivity contribution in [2.24, 2.45) is 0 Å². The van der Waals surface area contributed by atoms with Gasteiger partial charge in [-0.05, 0) is 49.1 Å². The maximum Gasteiger partial charge on any atom is 0.129 e. The van der Waals surface area contributed by atoms with Crippen molar-refractivity contribution in [1.29, 1.82) is 0 Å². The molecular weight excluding hydrogens is 310 g/mol. The van der Waals surface area contributed by atoms with E-state index in [1.54, 1.807) is 0 Å². The van der Waals surface area contributed by atoms with Gasteiger partial charge in [0.15, 0.2) is 0 Å². The molecule has 2 rings (SSSR count). The summed E-state index contributed by atoms with van der Waals surface area (Å²) in [6.45, 7) is 4.05. The predicted molar refractivity (Wildman–Crippen MR) is 77.6 cm³/mol. The molecule has 3 heteroatoms. The number of alkyl halides is 1. The summed E-state index contributed by atoms with van der Waals surface area (Å²) in [5.74, 6) is -0.982. The fourth-order valence-electron chi connectivity index (χ4n) is 2.13. The van der Waals surface area contributed by atoms with E-state index in [1.165, 1.54) is 23.8 Å². The second-order valence-electron chi connectivity index (χ2n) is 4.66. The van der Waals surface area contributed by atoms with Crippen LogP contribution >= 0.6 is 15.9 Å². The molecule has 0 aliphatic heterocycles. The van der Waals surface area contributed by atoms with Crippen LogP contribution in [0.3, 0.4) is 0 Å². The van der Waals surface area contributed by atoms with Crippen LogP contribution in [-0.4, -0.2) is 0 Å². The molecule has 19 heavy (non-hydrogen) atoms. The number of hydrogen-bond acceptors (Lipinski definition) is 0. The molecule has 0 bridgehead atoms. The molecule has 0 amide bonds. The van der Waals surface area contributed by atoms with Crippen LogP contribution in [0, 0.1) is 25.5 Å². The van der Waals surface area contributed by atoms with Gasteiger partial charge in [0.25, 0.3) is 0 Å². The van der Waals surface area contributed by atoms with Gasteiger partial charge < -0.3 is 0 Å². The van der Waals surface area contributed by atoms with E-state index in [0.29, 0.717) is 6.42 Å². The minimum atomic E-state index is -0.491. The van der Waals surface area contributed by atoms with Gasteiger partial charge in [0.2, 0.25) is 0 Å². The first-order valence-corrected chi connectivity index (χ1v) is 7.05. The van der Waals surface area contributed by atoms with Crippen LogP contribution in [0.4, 0.5) is 8.78 Å². The number of aryl methyl sites for hydroxylation is 1. The molecule has 0 radical (unpaired) electrons. The van der Waals surface area contributed by atoms with Gasteiger partial charge in [-0.25, -0.2) is 8.78 Å². The van der Waals surface area contributed by atoms with Gasteiger partial charge in [0.1, 0.15) is 11.6 Å². The van der Waals surface area contributed by atoms with Crippen LogP contribution in [0.25, 0.3) is 0 Å². The van der Waals surface area contributed by atoms with Crippen molar-refractivity contribution >= 4 is 15.9 Å². The van der Waals surface area contributed by atoms with E-state index in [-0.39, 0.29) is 10.4 Å². The third-order valence-corrected chi connectivity index (χ3v) is 4.25. The molecule has 0 aliphatic carbocycles. The molecule has 0 aliphatic rings. The second kappa shape index (κ2) is 5.83. The van der Waals surface area contributed by atoms with Crippen molar-refractivity contribution in [3.05, 3.63) is 70.3 Å². The van der Waals surface area contributed by atoms with Crippen LogP contribution < -0.4 is 0 Å². The Morgan fingerprint density at radius 3 is 2.21 bits per heavy atom. The third-order valence-electron chi connectivity index (χ3n) is 3.43. The molecule has 100 valence electrons. The standard InChI is InChI=1S/C16H15BrF2/c1-10-5-3-6-12(11(10)2)14(17)9-13-15(18)7-4-8-16(13)19/h3-8,14H,9H2,1-2H3. The van der Waals surface area contributed by atoms with Gasteiger partial charge in [0.05, 0.1) is 0 Å². The number of benzene rings is 2. The van der Waals surface area contributed by atoms with Crippen LogP contribution in [0.5, 0.6) is 0 Å². The first-order valence-electron chi connectivity index (χ1n) is 6.13. The first-order chi connectivity index (χ1) is 9.00. The van der Waals surface area contributed by atoms with Crippen LogP contribution in [-0.2, 0) is 6.42 Å². The predicted octanol–water partition coefficient (Wildman–Crippen LogP) is 5.26. The lowest BCUT2D eigenvalue weighted by molar-refractivity contribution is 0.554. The number of halogens is 3. The van der Waals surface area contributed by atoms with Gasteiger partial charge in [-0.15, -0.1) is 0 Å². The molecule has 0 heterocycles. The van der Waals surface area contributed by atoms with Gasteiger partial charge >= 0.3 is 0 Å². The summed E-state index contributed by atoms with van der Waals surface area (Å²) in [5, 5.41) is 0. The second-order valence-corrected chi connectivity index (χ2v) is 5.77. The fourth-order valence-corrected chi connectivity index (χ4v) is 2.95. The highest BCUT2D eigenvalue weighted by atomic mass is 79.9. The van der Waals surface area contributed by atoms with E-state index in [0.717, 1.165) is 11.1 Å². The highest BCUT2D eigenvalue weighted by Gasteiger charge is 2.17. The minimum absolute atomic E-state index is 0.0983. The number of rotatable bonds is 3. The van der Waals surface area contributed by atoms with E-state index in [1.807, 2.05) is 32.0 Å². The van der Waals surface area contributed by atoms with E-state index >= 15 is 0 Å². The minimum Gasteiger partial charge on any atom is -0.207 e. The first kappa shape index (κ1) is 14.2. The molecule has 0 N–H and O–H groups in total. The molecule has 0 spiro atoms. The average molecular weight is 325 g/mol. The SMILES string of the molecule is Cc1cccc(C(Br)Cc2c(F)cccc2F)c1C. The van der Waals surface area contributed by atoms with E-state index in [4.69, 9.17) is 0 Å². The lowest BCUT2D eigenvalue weighted by Gasteiger charge is -2.15. The van der Waals surface area contributed by atoms with Crippen molar-refractivity contribution < 1.29 is 8.78 Å². The van der Waals surface area contributed by atoms with Crippen molar-refractivity contribution in [3.63, 3.8) is 0 Å². The smallest absolute Gasteiger partial charge is 0.129 e. The van der Waals surface area contributed by atoms with E-state index < -0.39 is 11.6 Å². The Morgan fingerprint density at radius 2 is 1.58 bits per heavy atom. The summed E-state index contributed by atoms with van der Waals surface area (Å²) in [7, 11) is 0. The van der Waals surface area contributed by atoms with Crippen molar-refractivity contribution in [1.82, 2.24) is 0 Å². The Hall–Kier alpha value is -1.22. The van der Waals surface area contributed by atoms with Crippen molar-refractivity contribution in [2.45, 2.75) is 25.1 Å². The van der Waals surface area contributed by atoms with Crippen molar-refractivity contribution in [2.75, 3.05) is 0 Å². The summed E-state index contributed by atoms with van der Waals surface area (Å²) in [5.41, 5.74) is 3.53. The Labute approximate surface area is 120 Å². The quantitative estimate of drug-likeness (QED) is 0.675. The molecule has 1 atom stereocenters. The highest BCUT2D eigenvalue weighted by Crippen LogP contribution is 2.32. The lowest BCUT2D eigenvalue weighted by atomic mass is 9.97.